The summed E-state index contributed by atoms with van der Waals surface area (Å²) in [6.45, 7) is 3.66. The molecule has 1 saturated heterocycles. The number of amides is 2. The van der Waals surface area contributed by atoms with E-state index in [9.17, 15) is 14.7 Å². The van der Waals surface area contributed by atoms with E-state index in [4.69, 9.17) is 0 Å². The van der Waals surface area contributed by atoms with Crippen LogP contribution in [0.5, 0.6) is 5.75 Å². The minimum absolute atomic E-state index is 0.0494. The fourth-order valence-electron chi connectivity index (χ4n) is 2.52. The summed E-state index contributed by atoms with van der Waals surface area (Å²) in [5.74, 6) is 0.0434. The fraction of sp³-hybridized carbons (Fsp3) is 0.500. The second kappa shape index (κ2) is 7.82. The third-order valence-electron chi connectivity index (χ3n) is 4.03. The zero-order chi connectivity index (χ0) is 16.8. The summed E-state index contributed by atoms with van der Waals surface area (Å²) < 4.78 is 0. The molecule has 0 spiro atoms. The van der Waals surface area contributed by atoms with Gasteiger partial charge >= 0.3 is 0 Å². The second-order valence-corrected chi connectivity index (χ2v) is 5.70. The van der Waals surface area contributed by atoms with E-state index in [0.29, 0.717) is 6.54 Å². The van der Waals surface area contributed by atoms with Gasteiger partial charge in [-0.3, -0.25) is 14.5 Å². The zero-order valence-corrected chi connectivity index (χ0v) is 13.7. The zero-order valence-electron chi connectivity index (χ0n) is 13.7. The van der Waals surface area contributed by atoms with Gasteiger partial charge in [0.2, 0.25) is 11.8 Å². The molecule has 7 heteroatoms. The van der Waals surface area contributed by atoms with E-state index in [1.165, 1.54) is 4.90 Å². The smallest absolute Gasteiger partial charge is 0.239 e. The maximum Gasteiger partial charge on any atom is 0.239 e. The van der Waals surface area contributed by atoms with E-state index in [1.807, 2.05) is 12.1 Å². The fourth-order valence-corrected chi connectivity index (χ4v) is 2.52. The van der Waals surface area contributed by atoms with Crippen molar-refractivity contribution in [2.45, 2.75) is 0 Å². The van der Waals surface area contributed by atoms with Gasteiger partial charge in [0, 0.05) is 46.0 Å². The Morgan fingerprint density at radius 2 is 1.78 bits per heavy atom. The van der Waals surface area contributed by atoms with Crippen LogP contribution >= 0.6 is 0 Å². The number of carbonyl (C=O) groups excluding carboxylic acids is 2. The number of rotatable bonds is 5. The van der Waals surface area contributed by atoms with Crippen LogP contribution in [0.2, 0.25) is 0 Å². The van der Waals surface area contributed by atoms with Crippen LogP contribution in [0.15, 0.2) is 24.3 Å². The van der Waals surface area contributed by atoms with Crippen molar-refractivity contribution in [1.82, 2.24) is 15.1 Å². The first-order valence-corrected chi connectivity index (χ1v) is 7.70. The molecule has 2 rings (SSSR count). The summed E-state index contributed by atoms with van der Waals surface area (Å²) in [5, 5.41) is 11.8. The Labute approximate surface area is 136 Å². The van der Waals surface area contributed by atoms with Crippen molar-refractivity contribution < 1.29 is 14.7 Å². The number of piperazine rings is 1. The van der Waals surface area contributed by atoms with Crippen LogP contribution < -0.4 is 10.2 Å². The molecule has 23 heavy (non-hydrogen) atoms. The molecule has 1 aliphatic rings. The SMILES string of the molecule is CNC(=O)CN(C)C(=O)CN1CCN(c2ccc(O)cc2)CC1. The number of carbonyl (C=O) groups is 2. The van der Waals surface area contributed by atoms with E-state index >= 15 is 0 Å². The number of anilines is 1. The number of aromatic hydroxyl groups is 1. The highest BCUT2D eigenvalue weighted by Gasteiger charge is 2.21. The van der Waals surface area contributed by atoms with Gasteiger partial charge in [-0.15, -0.1) is 0 Å². The summed E-state index contributed by atoms with van der Waals surface area (Å²) in [6, 6.07) is 7.15. The lowest BCUT2D eigenvalue weighted by Crippen LogP contribution is -2.50. The molecule has 0 aliphatic carbocycles. The molecule has 126 valence electrons. The van der Waals surface area contributed by atoms with Crippen LogP contribution in [-0.2, 0) is 9.59 Å². The lowest BCUT2D eigenvalue weighted by Gasteiger charge is -2.36. The van der Waals surface area contributed by atoms with Crippen LogP contribution in [0.4, 0.5) is 5.69 Å². The predicted molar refractivity (Wildman–Crippen MR) is 88.5 cm³/mol. The van der Waals surface area contributed by atoms with Crippen LogP contribution in [0.1, 0.15) is 0 Å². The Morgan fingerprint density at radius 3 is 2.35 bits per heavy atom. The van der Waals surface area contributed by atoms with E-state index in [-0.39, 0.29) is 24.1 Å². The second-order valence-electron chi connectivity index (χ2n) is 5.70. The van der Waals surface area contributed by atoms with Crippen molar-refractivity contribution in [3.05, 3.63) is 24.3 Å². The van der Waals surface area contributed by atoms with Crippen LogP contribution in [0, 0.1) is 0 Å². The normalized spacial score (nSPS) is 15.3. The van der Waals surface area contributed by atoms with Crippen molar-refractivity contribution >= 4 is 17.5 Å². The molecular formula is C16H24N4O3. The minimum atomic E-state index is -0.169. The number of hydrogen-bond donors (Lipinski definition) is 2. The van der Waals surface area contributed by atoms with Gasteiger partial charge in [0.05, 0.1) is 13.1 Å². The van der Waals surface area contributed by atoms with Crippen LogP contribution in [-0.4, -0.2) is 80.1 Å². The Kier molecular flexibility index (Phi) is 5.81. The number of benzene rings is 1. The van der Waals surface area contributed by atoms with Gasteiger partial charge in [-0.1, -0.05) is 0 Å². The number of nitrogens with zero attached hydrogens (tertiary/aromatic N) is 3. The molecule has 1 aliphatic heterocycles. The quantitative estimate of drug-likeness (QED) is 0.780. The third-order valence-corrected chi connectivity index (χ3v) is 4.03. The third kappa shape index (κ3) is 4.85. The minimum Gasteiger partial charge on any atom is -0.508 e. The van der Waals surface area contributed by atoms with Gasteiger partial charge in [0.15, 0.2) is 0 Å². The molecule has 1 fully saturated rings. The molecule has 0 atom stereocenters. The van der Waals surface area contributed by atoms with Crippen LogP contribution in [0.25, 0.3) is 0 Å². The number of hydrogen-bond acceptors (Lipinski definition) is 5. The molecule has 1 aromatic carbocycles. The average molecular weight is 320 g/mol. The number of likely N-dealkylation sites (N-methyl/N-ethyl adjacent to an activating group) is 2. The number of phenolic OH excluding ortho intramolecular Hbond substituents is 1. The summed E-state index contributed by atoms with van der Waals surface area (Å²) in [5.41, 5.74) is 1.07. The molecular weight excluding hydrogens is 296 g/mol. The highest BCUT2D eigenvalue weighted by molar-refractivity contribution is 5.85. The topological polar surface area (TPSA) is 76.1 Å². The molecule has 1 aromatic rings. The molecule has 2 N–H and O–H groups in total. The Balaban J connectivity index is 1.79. The van der Waals surface area contributed by atoms with Crippen molar-refractivity contribution in [2.75, 3.05) is 58.3 Å². The van der Waals surface area contributed by atoms with Crippen molar-refractivity contribution in [1.29, 1.82) is 0 Å². The summed E-state index contributed by atoms with van der Waals surface area (Å²) >= 11 is 0. The van der Waals surface area contributed by atoms with Gasteiger partial charge in [-0.25, -0.2) is 0 Å². The first kappa shape index (κ1) is 17.1. The summed E-state index contributed by atoms with van der Waals surface area (Å²) in [4.78, 5) is 29.2. The predicted octanol–water partition coefficient (Wildman–Crippen LogP) is -0.281. The Hall–Kier alpha value is -2.28. The highest BCUT2D eigenvalue weighted by Crippen LogP contribution is 2.19. The molecule has 0 saturated carbocycles. The van der Waals surface area contributed by atoms with E-state index in [2.05, 4.69) is 15.1 Å². The summed E-state index contributed by atoms with van der Waals surface area (Å²) in [6.07, 6.45) is 0. The maximum atomic E-state index is 12.1. The molecule has 0 bridgehead atoms. The number of phenols is 1. The van der Waals surface area contributed by atoms with Gasteiger partial charge in [0.25, 0.3) is 0 Å². The van der Waals surface area contributed by atoms with Gasteiger partial charge in [0.1, 0.15) is 5.75 Å². The van der Waals surface area contributed by atoms with Crippen molar-refractivity contribution in [3.8, 4) is 5.75 Å². The molecule has 0 radical (unpaired) electrons. The van der Waals surface area contributed by atoms with Gasteiger partial charge in [-0.05, 0) is 24.3 Å². The molecule has 1 heterocycles. The molecule has 0 unspecified atom stereocenters. The average Bonchev–Trinajstić information content (AvgIpc) is 2.56. The molecule has 2 amide bonds. The van der Waals surface area contributed by atoms with Crippen molar-refractivity contribution in [2.24, 2.45) is 0 Å². The molecule has 0 aromatic heterocycles. The van der Waals surface area contributed by atoms with E-state index in [0.717, 1.165) is 31.9 Å². The Morgan fingerprint density at radius 1 is 1.17 bits per heavy atom. The standard InChI is InChI=1S/C16H24N4O3/c1-17-15(22)11-18(2)16(23)12-19-7-9-20(10-8-19)13-3-5-14(21)6-4-13/h3-6,21H,7-12H2,1-2H3,(H,17,22). The molecule has 7 nitrogen and oxygen atoms in total. The van der Waals surface area contributed by atoms with Crippen LogP contribution in [0.3, 0.4) is 0 Å². The largest absolute Gasteiger partial charge is 0.508 e. The highest BCUT2D eigenvalue weighted by atomic mass is 16.3. The summed E-state index contributed by atoms with van der Waals surface area (Å²) in [7, 11) is 3.20. The Bertz CT molecular complexity index is 539. The first-order chi connectivity index (χ1) is 11.0. The number of nitrogens with one attached hydrogen (secondary N) is 1. The monoisotopic (exact) mass is 320 g/mol. The van der Waals surface area contributed by atoms with Gasteiger partial charge < -0.3 is 20.2 Å². The lowest BCUT2D eigenvalue weighted by molar-refractivity contribution is -0.135. The van der Waals surface area contributed by atoms with E-state index < -0.39 is 0 Å². The maximum absolute atomic E-state index is 12.1. The first-order valence-electron chi connectivity index (χ1n) is 7.70. The van der Waals surface area contributed by atoms with Crippen molar-refractivity contribution in [3.63, 3.8) is 0 Å². The lowest BCUT2D eigenvalue weighted by atomic mass is 10.2. The van der Waals surface area contributed by atoms with Gasteiger partial charge in [-0.2, -0.15) is 0 Å². The van der Waals surface area contributed by atoms with E-state index in [1.54, 1.807) is 26.2 Å².